The normalized spacial score (nSPS) is 11.8. The Hall–Kier alpha value is -2.55. The Labute approximate surface area is 117 Å². The van der Waals surface area contributed by atoms with Gasteiger partial charge in [0.2, 0.25) is 0 Å². The first-order valence-electron chi connectivity index (χ1n) is 6.44. The Bertz CT molecular complexity index is 625. The Morgan fingerprint density at radius 2 is 1.55 bits per heavy atom. The first kappa shape index (κ1) is 13.9. The maximum atomic E-state index is 11.6. The number of hydrogen-bond acceptors (Lipinski definition) is 2. The number of carboxylic acids is 1. The minimum Gasteiger partial charge on any atom is -0.508 e. The van der Waals surface area contributed by atoms with Crippen LogP contribution in [0, 0.1) is 0 Å². The number of carboxylic acid groups (broad SMARTS) is 1. The minimum absolute atomic E-state index is 0.122. The molecular weight excluding hydrogens is 252 g/mol. The van der Waals surface area contributed by atoms with Crippen molar-refractivity contribution < 1.29 is 15.0 Å². The molecule has 2 N–H and O–H groups in total. The molecule has 0 amide bonds. The van der Waals surface area contributed by atoms with Crippen LogP contribution in [0.4, 0.5) is 0 Å². The molecule has 2 aromatic rings. The van der Waals surface area contributed by atoms with E-state index in [0.29, 0.717) is 12.0 Å². The lowest BCUT2D eigenvalue weighted by atomic mass is 9.93. The van der Waals surface area contributed by atoms with E-state index in [2.05, 4.69) is 0 Å². The van der Waals surface area contributed by atoms with Gasteiger partial charge >= 0.3 is 5.97 Å². The maximum absolute atomic E-state index is 11.6. The number of allylic oxidation sites excluding steroid dienone is 1. The van der Waals surface area contributed by atoms with E-state index in [-0.39, 0.29) is 11.3 Å². The van der Waals surface area contributed by atoms with Crippen LogP contribution in [0.25, 0.3) is 11.1 Å². The molecule has 20 heavy (non-hydrogen) atoms. The Morgan fingerprint density at radius 1 is 0.950 bits per heavy atom. The van der Waals surface area contributed by atoms with E-state index in [9.17, 15) is 15.0 Å². The van der Waals surface area contributed by atoms with E-state index in [1.807, 2.05) is 37.3 Å². The zero-order chi connectivity index (χ0) is 14.5. The number of aliphatic carboxylic acids is 1. The van der Waals surface area contributed by atoms with Gasteiger partial charge in [0.05, 0.1) is 5.57 Å². The highest BCUT2D eigenvalue weighted by molar-refractivity contribution is 6.23. The van der Waals surface area contributed by atoms with E-state index in [0.717, 1.165) is 11.1 Å². The number of benzene rings is 2. The average molecular weight is 268 g/mol. The number of carbonyl (C=O) groups is 1. The summed E-state index contributed by atoms with van der Waals surface area (Å²) < 4.78 is 0. The molecular formula is C17H16O3. The molecule has 0 bridgehead atoms. The topological polar surface area (TPSA) is 57.5 Å². The van der Waals surface area contributed by atoms with Gasteiger partial charge in [0.15, 0.2) is 0 Å². The molecule has 0 aliphatic rings. The smallest absolute Gasteiger partial charge is 0.336 e. The number of phenols is 1. The second-order valence-corrected chi connectivity index (χ2v) is 4.43. The molecule has 0 spiro atoms. The second-order valence-electron chi connectivity index (χ2n) is 4.43. The molecule has 0 aromatic heterocycles. The van der Waals surface area contributed by atoms with Crippen LogP contribution in [0.2, 0.25) is 0 Å². The predicted molar refractivity (Wildman–Crippen MR) is 79.3 cm³/mol. The largest absolute Gasteiger partial charge is 0.508 e. The van der Waals surface area contributed by atoms with E-state index in [1.165, 1.54) is 12.1 Å². The van der Waals surface area contributed by atoms with Crippen LogP contribution in [0.5, 0.6) is 5.75 Å². The summed E-state index contributed by atoms with van der Waals surface area (Å²) in [6, 6.07) is 15.7. The second kappa shape index (κ2) is 6.06. The van der Waals surface area contributed by atoms with Crippen LogP contribution in [-0.2, 0) is 4.79 Å². The summed E-state index contributed by atoms with van der Waals surface area (Å²) in [6.07, 6.45) is 0.618. The van der Waals surface area contributed by atoms with Gasteiger partial charge in [0.1, 0.15) is 5.75 Å². The quantitative estimate of drug-likeness (QED) is 0.655. The number of rotatable bonds is 4. The SMILES string of the molecule is CC/C(=C(/C(=O)O)c1ccc(O)cc1)c1ccccc1. The van der Waals surface area contributed by atoms with Gasteiger partial charge in [-0.15, -0.1) is 0 Å². The van der Waals surface area contributed by atoms with Crippen molar-refractivity contribution >= 4 is 17.1 Å². The third kappa shape index (κ3) is 2.88. The lowest BCUT2D eigenvalue weighted by molar-refractivity contribution is -0.130. The van der Waals surface area contributed by atoms with Crippen molar-refractivity contribution in [1.82, 2.24) is 0 Å². The minimum atomic E-state index is -0.962. The molecule has 2 aromatic carbocycles. The van der Waals surface area contributed by atoms with Gasteiger partial charge in [0.25, 0.3) is 0 Å². The zero-order valence-corrected chi connectivity index (χ0v) is 11.2. The molecule has 0 fully saturated rings. The summed E-state index contributed by atoms with van der Waals surface area (Å²) in [4.78, 5) is 11.6. The summed E-state index contributed by atoms with van der Waals surface area (Å²) >= 11 is 0. The molecule has 0 unspecified atom stereocenters. The van der Waals surface area contributed by atoms with Gasteiger partial charge in [-0.25, -0.2) is 4.79 Å². The lowest BCUT2D eigenvalue weighted by Gasteiger charge is -2.12. The first-order chi connectivity index (χ1) is 9.63. The highest BCUT2D eigenvalue weighted by Crippen LogP contribution is 2.29. The molecule has 0 aliphatic heterocycles. The first-order valence-corrected chi connectivity index (χ1v) is 6.44. The molecule has 0 radical (unpaired) electrons. The number of phenolic OH excluding ortho intramolecular Hbond substituents is 1. The summed E-state index contributed by atoms with van der Waals surface area (Å²) in [6.45, 7) is 1.94. The fourth-order valence-electron chi connectivity index (χ4n) is 2.22. The van der Waals surface area contributed by atoms with Gasteiger partial charge in [-0.1, -0.05) is 49.4 Å². The van der Waals surface area contributed by atoms with Crippen LogP contribution in [0.15, 0.2) is 54.6 Å². The lowest BCUT2D eigenvalue weighted by Crippen LogP contribution is -2.03. The van der Waals surface area contributed by atoms with Crippen LogP contribution in [0.3, 0.4) is 0 Å². The fourth-order valence-corrected chi connectivity index (χ4v) is 2.22. The third-order valence-corrected chi connectivity index (χ3v) is 3.15. The van der Waals surface area contributed by atoms with E-state index >= 15 is 0 Å². The molecule has 0 heterocycles. The van der Waals surface area contributed by atoms with Crippen molar-refractivity contribution in [1.29, 1.82) is 0 Å². The molecule has 3 nitrogen and oxygen atoms in total. The van der Waals surface area contributed by atoms with Crippen molar-refractivity contribution in [2.75, 3.05) is 0 Å². The highest BCUT2D eigenvalue weighted by atomic mass is 16.4. The van der Waals surface area contributed by atoms with Crippen molar-refractivity contribution in [3.05, 3.63) is 65.7 Å². The molecule has 2 rings (SSSR count). The van der Waals surface area contributed by atoms with Gasteiger partial charge in [0, 0.05) is 0 Å². The zero-order valence-electron chi connectivity index (χ0n) is 11.2. The molecule has 0 saturated carbocycles. The molecule has 102 valence electrons. The standard InChI is InChI=1S/C17H16O3/c1-2-15(12-6-4-3-5-7-12)16(17(19)20)13-8-10-14(18)11-9-13/h3-11,18H,2H2,1H3,(H,19,20)/b16-15-. The van der Waals surface area contributed by atoms with Crippen molar-refractivity contribution in [3.8, 4) is 5.75 Å². The monoisotopic (exact) mass is 268 g/mol. The number of hydrogen-bond donors (Lipinski definition) is 2. The summed E-state index contributed by atoms with van der Waals surface area (Å²) in [7, 11) is 0. The van der Waals surface area contributed by atoms with Crippen LogP contribution >= 0.6 is 0 Å². The molecule has 0 aliphatic carbocycles. The van der Waals surface area contributed by atoms with E-state index in [1.54, 1.807) is 12.1 Å². The highest BCUT2D eigenvalue weighted by Gasteiger charge is 2.16. The van der Waals surface area contributed by atoms with Gasteiger partial charge in [-0.05, 0) is 35.3 Å². The Kier molecular flexibility index (Phi) is 4.20. The third-order valence-electron chi connectivity index (χ3n) is 3.15. The maximum Gasteiger partial charge on any atom is 0.336 e. The predicted octanol–water partition coefficient (Wildman–Crippen LogP) is 3.80. The van der Waals surface area contributed by atoms with Crippen LogP contribution in [0.1, 0.15) is 24.5 Å². The summed E-state index contributed by atoms with van der Waals surface area (Å²) in [5.41, 5.74) is 2.55. The van der Waals surface area contributed by atoms with E-state index < -0.39 is 5.97 Å². The fraction of sp³-hybridized carbons (Fsp3) is 0.118. The van der Waals surface area contributed by atoms with Crippen molar-refractivity contribution in [3.63, 3.8) is 0 Å². The van der Waals surface area contributed by atoms with Gasteiger partial charge in [-0.3, -0.25) is 0 Å². The van der Waals surface area contributed by atoms with Crippen LogP contribution in [-0.4, -0.2) is 16.2 Å². The van der Waals surface area contributed by atoms with E-state index in [4.69, 9.17) is 0 Å². The Balaban J connectivity index is 2.63. The average Bonchev–Trinajstić information content (AvgIpc) is 2.46. The van der Waals surface area contributed by atoms with Crippen LogP contribution < -0.4 is 0 Å². The summed E-state index contributed by atoms with van der Waals surface area (Å²) in [5, 5.41) is 18.9. The molecule has 0 saturated heterocycles. The van der Waals surface area contributed by atoms with Crippen molar-refractivity contribution in [2.24, 2.45) is 0 Å². The Morgan fingerprint density at radius 3 is 2.05 bits per heavy atom. The number of aromatic hydroxyl groups is 1. The molecule has 3 heteroatoms. The molecule has 0 atom stereocenters. The van der Waals surface area contributed by atoms with Gasteiger partial charge < -0.3 is 10.2 Å². The van der Waals surface area contributed by atoms with Gasteiger partial charge in [-0.2, -0.15) is 0 Å². The summed E-state index contributed by atoms with van der Waals surface area (Å²) in [5.74, 6) is -0.840. The van der Waals surface area contributed by atoms with Crippen molar-refractivity contribution in [2.45, 2.75) is 13.3 Å².